The van der Waals surface area contributed by atoms with Gasteiger partial charge in [0.15, 0.2) is 24.1 Å². The number of methoxy groups -OCH3 is 1. The molecule has 0 aliphatic rings. The molecule has 0 amide bonds. The Balaban J connectivity index is 1.73. The summed E-state index contributed by atoms with van der Waals surface area (Å²) in [5.41, 5.74) is 0.711. The average Bonchev–Trinajstić information content (AvgIpc) is 2.85. The van der Waals surface area contributed by atoms with E-state index < -0.39 is 0 Å². The van der Waals surface area contributed by atoms with Crippen molar-refractivity contribution in [2.45, 2.75) is 13.2 Å². The number of phenols is 1. The quantitative estimate of drug-likeness (QED) is 0.610. The third-order valence-electron chi connectivity index (χ3n) is 2.31. The van der Waals surface area contributed by atoms with Crippen molar-refractivity contribution in [1.29, 1.82) is 0 Å². The predicted octanol–water partition coefficient (Wildman–Crippen LogP) is 2.08. The molecule has 19 heavy (non-hydrogen) atoms. The summed E-state index contributed by atoms with van der Waals surface area (Å²) in [6.45, 7) is 0.653. The SMILES string of the molecule is COCc1cc(COCOc2ccccc2O)on1. The van der Waals surface area contributed by atoms with E-state index in [4.69, 9.17) is 18.7 Å². The molecule has 1 aromatic carbocycles. The van der Waals surface area contributed by atoms with Gasteiger partial charge in [0.05, 0.1) is 6.61 Å². The van der Waals surface area contributed by atoms with Gasteiger partial charge in [-0.3, -0.25) is 0 Å². The number of aromatic hydroxyl groups is 1. The lowest BCUT2D eigenvalue weighted by Gasteiger charge is -2.07. The van der Waals surface area contributed by atoms with Crippen molar-refractivity contribution < 1.29 is 23.8 Å². The molecule has 0 bridgehead atoms. The van der Waals surface area contributed by atoms with Crippen LogP contribution in [-0.4, -0.2) is 24.2 Å². The van der Waals surface area contributed by atoms with Crippen LogP contribution in [0.1, 0.15) is 11.5 Å². The Morgan fingerprint density at radius 2 is 2.11 bits per heavy atom. The monoisotopic (exact) mass is 265 g/mol. The molecule has 0 radical (unpaired) electrons. The molecule has 0 unspecified atom stereocenters. The molecule has 1 aromatic heterocycles. The normalized spacial score (nSPS) is 10.6. The molecular weight excluding hydrogens is 250 g/mol. The second-order valence-electron chi connectivity index (χ2n) is 3.80. The highest BCUT2D eigenvalue weighted by Gasteiger charge is 2.04. The number of rotatable bonds is 7. The molecule has 6 heteroatoms. The highest BCUT2D eigenvalue weighted by molar-refractivity contribution is 5.37. The maximum atomic E-state index is 9.47. The van der Waals surface area contributed by atoms with E-state index in [2.05, 4.69) is 5.16 Å². The van der Waals surface area contributed by atoms with Crippen LogP contribution in [0, 0.1) is 0 Å². The minimum Gasteiger partial charge on any atom is -0.504 e. The van der Waals surface area contributed by atoms with Crippen molar-refractivity contribution in [2.24, 2.45) is 0 Å². The zero-order valence-electron chi connectivity index (χ0n) is 10.5. The number of benzene rings is 1. The van der Waals surface area contributed by atoms with E-state index >= 15 is 0 Å². The zero-order valence-corrected chi connectivity index (χ0v) is 10.5. The van der Waals surface area contributed by atoms with Gasteiger partial charge in [0.1, 0.15) is 12.3 Å². The van der Waals surface area contributed by atoms with E-state index in [-0.39, 0.29) is 19.1 Å². The van der Waals surface area contributed by atoms with Crippen molar-refractivity contribution in [3.8, 4) is 11.5 Å². The Morgan fingerprint density at radius 3 is 2.89 bits per heavy atom. The summed E-state index contributed by atoms with van der Waals surface area (Å²) in [4.78, 5) is 0. The topological polar surface area (TPSA) is 74.0 Å². The lowest BCUT2D eigenvalue weighted by atomic mass is 10.3. The molecule has 0 spiro atoms. The summed E-state index contributed by atoms with van der Waals surface area (Å²) in [5, 5.41) is 13.3. The minimum absolute atomic E-state index is 0.0118. The van der Waals surface area contributed by atoms with Crippen LogP contribution in [0.4, 0.5) is 0 Å². The fourth-order valence-corrected chi connectivity index (χ4v) is 1.47. The maximum absolute atomic E-state index is 9.47. The van der Waals surface area contributed by atoms with Gasteiger partial charge in [-0.15, -0.1) is 0 Å². The smallest absolute Gasteiger partial charge is 0.189 e. The molecule has 0 aliphatic carbocycles. The van der Waals surface area contributed by atoms with E-state index in [0.29, 0.717) is 23.8 Å². The molecule has 0 saturated carbocycles. The van der Waals surface area contributed by atoms with Crippen molar-refractivity contribution in [3.05, 3.63) is 41.8 Å². The van der Waals surface area contributed by atoms with Crippen molar-refractivity contribution in [3.63, 3.8) is 0 Å². The van der Waals surface area contributed by atoms with Crippen molar-refractivity contribution >= 4 is 0 Å². The van der Waals surface area contributed by atoms with Crippen molar-refractivity contribution in [2.75, 3.05) is 13.9 Å². The molecule has 2 aromatic rings. The highest BCUT2D eigenvalue weighted by atomic mass is 16.7. The van der Waals surface area contributed by atoms with E-state index in [1.165, 1.54) is 0 Å². The molecule has 0 fully saturated rings. The molecule has 0 aliphatic heterocycles. The van der Waals surface area contributed by atoms with Crippen LogP contribution < -0.4 is 4.74 Å². The number of ether oxygens (including phenoxy) is 3. The van der Waals surface area contributed by atoms with Gasteiger partial charge in [-0.2, -0.15) is 0 Å². The Labute approximate surface area is 110 Å². The molecule has 1 N–H and O–H groups in total. The fraction of sp³-hybridized carbons (Fsp3) is 0.308. The van der Waals surface area contributed by atoms with Crippen molar-refractivity contribution in [1.82, 2.24) is 5.16 Å². The number of hydrogen-bond donors (Lipinski definition) is 1. The summed E-state index contributed by atoms with van der Waals surface area (Å²) >= 11 is 0. The van der Waals surface area contributed by atoms with E-state index in [9.17, 15) is 5.11 Å². The highest BCUT2D eigenvalue weighted by Crippen LogP contribution is 2.24. The zero-order chi connectivity index (χ0) is 13.5. The van der Waals surface area contributed by atoms with Gasteiger partial charge in [0.2, 0.25) is 0 Å². The molecule has 6 nitrogen and oxygen atoms in total. The van der Waals surface area contributed by atoms with Crippen LogP contribution in [-0.2, 0) is 22.7 Å². The van der Waals surface area contributed by atoms with Gasteiger partial charge < -0.3 is 23.8 Å². The standard InChI is InChI=1S/C13H15NO5/c1-16-7-10-6-11(19-14-10)8-17-9-18-13-5-3-2-4-12(13)15/h2-6,15H,7-9H2,1H3. The first kappa shape index (κ1) is 13.4. The van der Waals surface area contributed by atoms with Crippen LogP contribution in [0.25, 0.3) is 0 Å². The number of para-hydroxylation sites is 2. The molecule has 1 heterocycles. The van der Waals surface area contributed by atoms with Gasteiger partial charge in [-0.05, 0) is 12.1 Å². The Morgan fingerprint density at radius 1 is 1.26 bits per heavy atom. The van der Waals surface area contributed by atoms with Gasteiger partial charge >= 0.3 is 0 Å². The van der Waals surface area contributed by atoms with Gasteiger partial charge in [0.25, 0.3) is 0 Å². The second kappa shape index (κ2) is 6.77. The lowest BCUT2D eigenvalue weighted by molar-refractivity contribution is -0.00475. The largest absolute Gasteiger partial charge is 0.504 e. The summed E-state index contributed by atoms with van der Waals surface area (Å²) in [6, 6.07) is 8.44. The number of nitrogens with zero attached hydrogens (tertiary/aromatic N) is 1. The predicted molar refractivity (Wildman–Crippen MR) is 65.6 cm³/mol. The first-order chi connectivity index (χ1) is 9.29. The number of hydrogen-bond acceptors (Lipinski definition) is 6. The first-order valence-electron chi connectivity index (χ1n) is 5.71. The van der Waals surface area contributed by atoms with Gasteiger partial charge in [0, 0.05) is 13.2 Å². The summed E-state index contributed by atoms with van der Waals surface area (Å²) in [5.74, 6) is 1.04. The molecule has 2 rings (SSSR count). The summed E-state index contributed by atoms with van der Waals surface area (Å²) < 4.78 is 20.5. The molecule has 0 saturated heterocycles. The number of phenolic OH excluding ortho intramolecular Hbond substituents is 1. The van der Waals surface area contributed by atoms with Crippen LogP contribution in [0.5, 0.6) is 11.5 Å². The molecular formula is C13H15NO5. The second-order valence-corrected chi connectivity index (χ2v) is 3.80. The Bertz CT molecular complexity index is 511. The van der Waals surface area contributed by atoms with Crippen LogP contribution in [0.3, 0.4) is 0 Å². The Hall–Kier alpha value is -2.05. The summed E-state index contributed by atoms with van der Waals surface area (Å²) in [6.07, 6.45) is 0. The maximum Gasteiger partial charge on any atom is 0.189 e. The average molecular weight is 265 g/mol. The number of aromatic nitrogens is 1. The van der Waals surface area contributed by atoms with Gasteiger partial charge in [-0.1, -0.05) is 17.3 Å². The third-order valence-corrected chi connectivity index (χ3v) is 2.31. The fourth-order valence-electron chi connectivity index (χ4n) is 1.47. The summed E-state index contributed by atoms with van der Waals surface area (Å²) in [7, 11) is 1.59. The Kier molecular flexibility index (Phi) is 4.77. The van der Waals surface area contributed by atoms with E-state index in [1.54, 1.807) is 37.4 Å². The van der Waals surface area contributed by atoms with Gasteiger partial charge in [-0.25, -0.2) is 0 Å². The van der Waals surface area contributed by atoms with Crippen LogP contribution >= 0.6 is 0 Å². The minimum atomic E-state index is 0.0118. The van der Waals surface area contributed by atoms with Crippen LogP contribution in [0.15, 0.2) is 34.9 Å². The molecule has 102 valence electrons. The lowest BCUT2D eigenvalue weighted by Crippen LogP contribution is -2.02. The van der Waals surface area contributed by atoms with E-state index in [1.807, 2.05) is 0 Å². The van der Waals surface area contributed by atoms with E-state index in [0.717, 1.165) is 0 Å². The molecule has 0 atom stereocenters. The first-order valence-corrected chi connectivity index (χ1v) is 5.71. The third kappa shape index (κ3) is 3.97. The van der Waals surface area contributed by atoms with Crippen LogP contribution in [0.2, 0.25) is 0 Å².